The number of halogens is 1. The van der Waals surface area contributed by atoms with Crippen molar-refractivity contribution in [1.82, 2.24) is 4.98 Å². The van der Waals surface area contributed by atoms with Crippen molar-refractivity contribution in [2.24, 2.45) is 5.92 Å². The van der Waals surface area contributed by atoms with E-state index in [9.17, 15) is 9.18 Å². The molecule has 15 heavy (non-hydrogen) atoms. The van der Waals surface area contributed by atoms with Crippen molar-refractivity contribution in [2.75, 3.05) is 18.0 Å². The van der Waals surface area contributed by atoms with Crippen LogP contribution in [0.5, 0.6) is 0 Å². The zero-order chi connectivity index (χ0) is 10.8. The highest BCUT2D eigenvalue weighted by atomic mass is 19.1. The number of anilines is 1. The third-order valence-corrected chi connectivity index (χ3v) is 2.50. The van der Waals surface area contributed by atoms with E-state index in [0.29, 0.717) is 13.1 Å². The van der Waals surface area contributed by atoms with Gasteiger partial charge >= 0.3 is 5.97 Å². The van der Waals surface area contributed by atoms with Crippen LogP contribution in [-0.4, -0.2) is 29.1 Å². The third-order valence-electron chi connectivity index (χ3n) is 2.50. The summed E-state index contributed by atoms with van der Waals surface area (Å²) >= 11 is 0. The van der Waals surface area contributed by atoms with Gasteiger partial charge in [-0.25, -0.2) is 4.98 Å². The number of hydrogen-bond acceptors (Lipinski definition) is 3. The molecule has 2 rings (SSSR count). The van der Waals surface area contributed by atoms with E-state index in [1.54, 1.807) is 6.07 Å². The highest BCUT2D eigenvalue weighted by molar-refractivity contribution is 5.67. The van der Waals surface area contributed by atoms with Crippen LogP contribution in [-0.2, 0) is 4.79 Å². The molecule has 80 valence electrons. The lowest BCUT2D eigenvalue weighted by atomic mass is 9.96. The normalized spacial score (nSPS) is 16.2. The first-order valence-corrected chi connectivity index (χ1v) is 4.73. The van der Waals surface area contributed by atoms with Gasteiger partial charge in [-0.3, -0.25) is 4.79 Å². The maximum Gasteiger partial charge on any atom is 0.303 e. The van der Waals surface area contributed by atoms with Gasteiger partial charge in [0.2, 0.25) is 5.95 Å². The van der Waals surface area contributed by atoms with Gasteiger partial charge in [-0.1, -0.05) is 0 Å². The molecule has 2 heterocycles. The number of nitrogens with zero attached hydrogens (tertiary/aromatic N) is 2. The molecule has 1 aromatic rings. The average molecular weight is 210 g/mol. The van der Waals surface area contributed by atoms with E-state index >= 15 is 0 Å². The molecule has 1 N–H and O–H groups in total. The molecule has 0 aromatic carbocycles. The van der Waals surface area contributed by atoms with Gasteiger partial charge in [0, 0.05) is 19.0 Å². The molecule has 0 unspecified atom stereocenters. The van der Waals surface area contributed by atoms with Crippen molar-refractivity contribution in [1.29, 1.82) is 0 Å². The van der Waals surface area contributed by atoms with Crippen LogP contribution in [0.4, 0.5) is 10.1 Å². The summed E-state index contributed by atoms with van der Waals surface area (Å²) < 4.78 is 12.5. The monoisotopic (exact) mass is 210 g/mol. The number of carbonyl (C=O) groups is 1. The number of carboxylic acids is 1. The van der Waals surface area contributed by atoms with E-state index in [1.165, 1.54) is 12.3 Å². The Labute approximate surface area is 86.4 Å². The molecule has 0 spiro atoms. The summed E-state index contributed by atoms with van der Waals surface area (Å²) in [6, 6.07) is 2.96. The summed E-state index contributed by atoms with van der Waals surface area (Å²) in [5.41, 5.74) is 0.845. The molecule has 1 saturated heterocycles. The maximum atomic E-state index is 12.5. The maximum absolute atomic E-state index is 12.5. The smallest absolute Gasteiger partial charge is 0.303 e. The van der Waals surface area contributed by atoms with Crippen LogP contribution in [0.1, 0.15) is 6.42 Å². The highest BCUT2D eigenvalue weighted by Gasteiger charge is 2.28. The molecule has 0 radical (unpaired) electrons. The number of aliphatic carboxylic acids is 1. The van der Waals surface area contributed by atoms with Gasteiger partial charge in [-0.2, -0.15) is 4.39 Å². The predicted molar refractivity (Wildman–Crippen MR) is 52.2 cm³/mol. The van der Waals surface area contributed by atoms with Crippen LogP contribution in [0.15, 0.2) is 18.3 Å². The molecule has 0 saturated carbocycles. The zero-order valence-corrected chi connectivity index (χ0v) is 8.06. The Bertz CT molecular complexity index is 360. The topological polar surface area (TPSA) is 53.4 Å². The number of rotatable bonds is 3. The number of aromatic nitrogens is 1. The van der Waals surface area contributed by atoms with Gasteiger partial charge < -0.3 is 10.0 Å². The Morgan fingerprint density at radius 2 is 2.33 bits per heavy atom. The fourth-order valence-corrected chi connectivity index (χ4v) is 1.71. The Hall–Kier alpha value is -1.65. The van der Waals surface area contributed by atoms with Crippen LogP contribution in [0, 0.1) is 11.9 Å². The van der Waals surface area contributed by atoms with E-state index in [1.807, 2.05) is 4.90 Å². The van der Waals surface area contributed by atoms with Crippen LogP contribution < -0.4 is 4.90 Å². The zero-order valence-electron chi connectivity index (χ0n) is 8.06. The summed E-state index contributed by atoms with van der Waals surface area (Å²) in [6.07, 6.45) is 1.66. The van der Waals surface area contributed by atoms with Crippen molar-refractivity contribution in [2.45, 2.75) is 6.42 Å². The SMILES string of the molecule is O=C(O)CC1CN(c2ccc(F)nc2)C1. The van der Waals surface area contributed by atoms with Crippen molar-refractivity contribution < 1.29 is 14.3 Å². The van der Waals surface area contributed by atoms with Crippen LogP contribution in [0.2, 0.25) is 0 Å². The van der Waals surface area contributed by atoms with Crippen LogP contribution in [0.3, 0.4) is 0 Å². The van der Waals surface area contributed by atoms with E-state index in [0.717, 1.165) is 5.69 Å². The summed E-state index contributed by atoms with van der Waals surface area (Å²) in [5.74, 6) is -1.06. The minimum absolute atomic E-state index is 0.200. The van der Waals surface area contributed by atoms with E-state index in [4.69, 9.17) is 5.11 Å². The van der Waals surface area contributed by atoms with Gasteiger partial charge in [-0.15, -0.1) is 0 Å². The number of carboxylic acid groups (broad SMARTS) is 1. The van der Waals surface area contributed by atoms with Gasteiger partial charge in [0.1, 0.15) is 0 Å². The second-order valence-electron chi connectivity index (χ2n) is 3.71. The Balaban J connectivity index is 1.89. The predicted octanol–water partition coefficient (Wildman–Crippen LogP) is 1.13. The standard InChI is InChI=1S/C10H11FN2O2/c11-9-2-1-8(4-12-9)13-5-7(6-13)3-10(14)15/h1-2,4,7H,3,5-6H2,(H,14,15). The average Bonchev–Trinajstić information content (AvgIpc) is 2.12. The lowest BCUT2D eigenvalue weighted by Gasteiger charge is -2.40. The summed E-state index contributed by atoms with van der Waals surface area (Å²) in [6.45, 7) is 1.42. The van der Waals surface area contributed by atoms with Crippen LogP contribution in [0.25, 0.3) is 0 Å². The first-order valence-electron chi connectivity index (χ1n) is 4.73. The van der Waals surface area contributed by atoms with Gasteiger partial charge in [0.15, 0.2) is 0 Å². The first-order chi connectivity index (χ1) is 7.15. The minimum atomic E-state index is -0.767. The molecular weight excluding hydrogens is 199 g/mol. The molecule has 1 aromatic heterocycles. The van der Waals surface area contributed by atoms with Gasteiger partial charge in [0.25, 0.3) is 0 Å². The quantitative estimate of drug-likeness (QED) is 0.760. The molecule has 0 bridgehead atoms. The fourth-order valence-electron chi connectivity index (χ4n) is 1.71. The van der Waals surface area contributed by atoms with Crippen molar-refractivity contribution in [3.63, 3.8) is 0 Å². The molecule has 0 atom stereocenters. The van der Waals surface area contributed by atoms with E-state index in [-0.39, 0.29) is 12.3 Å². The molecule has 0 amide bonds. The summed E-state index contributed by atoms with van der Waals surface area (Å²) in [7, 11) is 0. The van der Waals surface area contributed by atoms with E-state index in [2.05, 4.69) is 4.98 Å². The molecule has 0 aliphatic carbocycles. The number of hydrogen-bond donors (Lipinski definition) is 1. The lowest BCUT2D eigenvalue weighted by molar-refractivity contribution is -0.138. The summed E-state index contributed by atoms with van der Waals surface area (Å²) in [4.78, 5) is 15.9. The van der Waals surface area contributed by atoms with Crippen molar-refractivity contribution >= 4 is 11.7 Å². The van der Waals surface area contributed by atoms with Gasteiger partial charge in [0.05, 0.1) is 18.3 Å². The summed E-state index contributed by atoms with van der Waals surface area (Å²) in [5, 5.41) is 8.56. The van der Waals surface area contributed by atoms with Gasteiger partial charge in [-0.05, 0) is 12.1 Å². The molecule has 5 heteroatoms. The number of pyridine rings is 1. The minimum Gasteiger partial charge on any atom is -0.481 e. The molecule has 1 aliphatic rings. The van der Waals surface area contributed by atoms with Crippen molar-refractivity contribution in [3.05, 3.63) is 24.3 Å². The largest absolute Gasteiger partial charge is 0.481 e. The molecule has 4 nitrogen and oxygen atoms in total. The second-order valence-corrected chi connectivity index (χ2v) is 3.71. The molecule has 1 aliphatic heterocycles. The first kappa shape index (κ1) is 9.89. The van der Waals surface area contributed by atoms with Crippen LogP contribution >= 0.6 is 0 Å². The Morgan fingerprint density at radius 1 is 1.60 bits per heavy atom. The second kappa shape index (κ2) is 3.84. The molecular formula is C10H11FN2O2. The third kappa shape index (κ3) is 2.23. The lowest BCUT2D eigenvalue weighted by Crippen LogP contribution is -2.47. The Morgan fingerprint density at radius 3 is 2.87 bits per heavy atom. The van der Waals surface area contributed by atoms with E-state index < -0.39 is 11.9 Å². The molecule has 1 fully saturated rings. The van der Waals surface area contributed by atoms with Crippen molar-refractivity contribution in [3.8, 4) is 0 Å². The highest BCUT2D eigenvalue weighted by Crippen LogP contribution is 2.25. The fraction of sp³-hybridized carbons (Fsp3) is 0.400. The Kier molecular flexibility index (Phi) is 2.53.